The third kappa shape index (κ3) is 9.93. The Labute approximate surface area is 110 Å². The lowest BCUT2D eigenvalue weighted by atomic mass is 10.5. The van der Waals surface area contributed by atoms with E-state index in [1.54, 1.807) is 28.4 Å². The molecule has 0 saturated carbocycles. The molecule has 4 nitrogen and oxygen atoms in total. The first-order valence-electron chi connectivity index (χ1n) is 6.39. The molecule has 0 aliphatic heterocycles. The van der Waals surface area contributed by atoms with Crippen molar-refractivity contribution < 1.29 is 18.9 Å². The van der Waals surface area contributed by atoms with Gasteiger partial charge in [0.15, 0.2) is 12.6 Å². The van der Waals surface area contributed by atoms with Gasteiger partial charge in [0.05, 0.1) is 0 Å². The average Bonchev–Trinajstić information content (AvgIpc) is 2.37. The van der Waals surface area contributed by atoms with E-state index in [9.17, 15) is 0 Å². The molecule has 0 N–H and O–H groups in total. The second-order valence-electron chi connectivity index (χ2n) is 4.15. The Hall–Kier alpha value is 0.274. The summed E-state index contributed by atoms with van der Waals surface area (Å²) in [6.45, 7) is 0. The van der Waals surface area contributed by atoms with E-state index in [1.165, 1.54) is 17.8 Å². The number of hydrogen-bond donors (Lipinski definition) is 0. The average molecular weight is 281 g/mol. The van der Waals surface area contributed by atoms with Crippen molar-refractivity contribution in [3.63, 3.8) is 0 Å². The molecule has 0 aromatic carbocycles. The number of hydrogen-bond acceptors (Lipinski definition) is 4. The van der Waals surface area contributed by atoms with Gasteiger partial charge in [-0.1, -0.05) is 17.8 Å². The van der Waals surface area contributed by atoms with Crippen molar-refractivity contribution in [3.05, 3.63) is 0 Å². The fourth-order valence-corrected chi connectivity index (χ4v) is 7.30. The highest BCUT2D eigenvalue weighted by atomic mass is 28.3. The summed E-state index contributed by atoms with van der Waals surface area (Å²) in [5.41, 5.74) is 1.53. The predicted molar refractivity (Wildman–Crippen MR) is 76.4 cm³/mol. The topological polar surface area (TPSA) is 36.9 Å². The van der Waals surface area contributed by atoms with E-state index in [0.717, 1.165) is 12.8 Å². The molecule has 0 unspecified atom stereocenters. The molecule has 0 spiro atoms. The highest BCUT2D eigenvalue weighted by molar-refractivity contribution is 6.55. The summed E-state index contributed by atoms with van der Waals surface area (Å²) in [5, 5.41) is 0. The highest BCUT2D eigenvalue weighted by Gasteiger charge is 2.05. The Bertz CT molecular complexity index is 136. The minimum absolute atomic E-state index is 0.00975. The van der Waals surface area contributed by atoms with Crippen LogP contribution in [-0.2, 0) is 18.9 Å². The van der Waals surface area contributed by atoms with Crippen LogP contribution < -0.4 is 0 Å². The van der Waals surface area contributed by atoms with Crippen molar-refractivity contribution in [2.24, 2.45) is 0 Å². The van der Waals surface area contributed by atoms with E-state index in [4.69, 9.17) is 18.9 Å². The normalized spacial score (nSPS) is 13.1. The van der Waals surface area contributed by atoms with Gasteiger partial charge in [0.25, 0.3) is 0 Å². The lowest BCUT2D eigenvalue weighted by molar-refractivity contribution is -0.103. The van der Waals surface area contributed by atoms with Crippen LogP contribution in [0.4, 0.5) is 0 Å². The van der Waals surface area contributed by atoms with Gasteiger partial charge in [0.2, 0.25) is 0 Å². The first-order valence-corrected chi connectivity index (χ1v) is 10.4. The van der Waals surface area contributed by atoms with Gasteiger partial charge in [-0.15, -0.1) is 0 Å². The summed E-state index contributed by atoms with van der Waals surface area (Å²) in [7, 11) is 7.06. The Morgan fingerprint density at radius 3 is 1.35 bits per heavy atom. The lowest BCUT2D eigenvalue weighted by Gasteiger charge is -2.13. The summed E-state index contributed by atoms with van der Waals surface area (Å²) in [4.78, 5) is 0. The maximum absolute atomic E-state index is 5.17. The molecule has 0 aliphatic carbocycles. The number of methoxy groups -OCH3 is 4. The maximum Gasteiger partial charge on any atom is 0.156 e. The van der Waals surface area contributed by atoms with Crippen molar-refractivity contribution in [1.29, 1.82) is 0 Å². The third-order valence-corrected chi connectivity index (χ3v) is 8.75. The van der Waals surface area contributed by atoms with Crippen LogP contribution in [0.3, 0.4) is 0 Å². The van der Waals surface area contributed by atoms with E-state index in [2.05, 4.69) is 0 Å². The van der Waals surface area contributed by atoms with E-state index in [-0.39, 0.29) is 31.6 Å². The van der Waals surface area contributed by atoms with Crippen molar-refractivity contribution in [1.82, 2.24) is 0 Å². The van der Waals surface area contributed by atoms with Gasteiger partial charge in [-0.2, -0.15) is 0 Å². The molecule has 0 fully saturated rings. The SMILES string of the molecule is COC(CC[SiH2]C[SiH2]CCC(OC)OC)OC. The molecule has 0 amide bonds. The minimum Gasteiger partial charge on any atom is -0.356 e. The summed E-state index contributed by atoms with van der Waals surface area (Å²) in [6.07, 6.45) is 2.14. The van der Waals surface area contributed by atoms with Gasteiger partial charge in [-0.3, -0.25) is 0 Å². The van der Waals surface area contributed by atoms with E-state index in [1.807, 2.05) is 0 Å². The molecule has 0 aromatic heterocycles. The Morgan fingerprint density at radius 1 is 0.706 bits per heavy atom. The molecule has 104 valence electrons. The molecule has 0 aliphatic rings. The van der Waals surface area contributed by atoms with Crippen LogP contribution in [0.2, 0.25) is 17.8 Å². The Morgan fingerprint density at radius 2 is 1.06 bits per heavy atom. The first-order chi connectivity index (χ1) is 8.28. The van der Waals surface area contributed by atoms with Gasteiger partial charge < -0.3 is 18.9 Å². The minimum atomic E-state index is 0.00975. The summed E-state index contributed by atoms with van der Waals surface area (Å²) >= 11 is 0. The zero-order valence-electron chi connectivity index (χ0n) is 11.7. The van der Waals surface area contributed by atoms with Crippen molar-refractivity contribution in [3.8, 4) is 0 Å². The maximum atomic E-state index is 5.17. The van der Waals surface area contributed by atoms with Crippen molar-refractivity contribution in [2.75, 3.05) is 28.4 Å². The van der Waals surface area contributed by atoms with E-state index < -0.39 is 0 Å². The summed E-state index contributed by atoms with van der Waals surface area (Å²) in [6, 6.07) is 2.66. The second kappa shape index (κ2) is 12.7. The first kappa shape index (κ1) is 17.3. The molecule has 17 heavy (non-hydrogen) atoms. The smallest absolute Gasteiger partial charge is 0.156 e. The summed E-state index contributed by atoms with van der Waals surface area (Å²) in [5.74, 6) is 0. The number of ether oxygens (including phenoxy) is 4. The third-order valence-electron chi connectivity index (χ3n) is 2.93. The van der Waals surface area contributed by atoms with Gasteiger partial charge in [0.1, 0.15) is 0 Å². The fraction of sp³-hybridized carbons (Fsp3) is 1.00. The van der Waals surface area contributed by atoms with Crippen LogP contribution in [0.5, 0.6) is 0 Å². The van der Waals surface area contributed by atoms with Gasteiger partial charge in [0, 0.05) is 47.5 Å². The van der Waals surface area contributed by atoms with Crippen LogP contribution in [0.25, 0.3) is 0 Å². The molecule has 0 bridgehead atoms. The molecule has 0 atom stereocenters. The van der Waals surface area contributed by atoms with Gasteiger partial charge >= 0.3 is 0 Å². The molecule has 0 saturated heterocycles. The van der Waals surface area contributed by atoms with Crippen LogP contribution in [0.15, 0.2) is 0 Å². The predicted octanol–water partition coefficient (Wildman–Crippen LogP) is 0.554. The highest BCUT2D eigenvalue weighted by Crippen LogP contribution is 2.05. The van der Waals surface area contributed by atoms with Crippen LogP contribution in [-0.4, -0.2) is 60.1 Å². The largest absolute Gasteiger partial charge is 0.356 e. The Kier molecular flexibility index (Phi) is 12.9. The fourth-order valence-electron chi connectivity index (χ4n) is 1.82. The number of rotatable bonds is 12. The zero-order valence-corrected chi connectivity index (χ0v) is 14.6. The van der Waals surface area contributed by atoms with Gasteiger partial charge in [-0.25, -0.2) is 0 Å². The molecule has 6 heteroatoms. The van der Waals surface area contributed by atoms with E-state index in [0.29, 0.717) is 0 Å². The van der Waals surface area contributed by atoms with Crippen molar-refractivity contribution >= 4 is 19.0 Å². The Balaban J connectivity index is 3.23. The zero-order chi connectivity index (χ0) is 12.9. The molecule has 0 rings (SSSR count). The van der Waals surface area contributed by atoms with Crippen molar-refractivity contribution in [2.45, 2.75) is 43.2 Å². The molecule has 0 heterocycles. The quantitative estimate of drug-likeness (QED) is 0.297. The molecular formula is C11H28O4Si2. The molecule has 0 aromatic rings. The lowest BCUT2D eigenvalue weighted by Crippen LogP contribution is -2.15. The van der Waals surface area contributed by atoms with Crippen LogP contribution in [0.1, 0.15) is 12.8 Å². The summed E-state index contributed by atoms with van der Waals surface area (Å²) < 4.78 is 20.7. The van der Waals surface area contributed by atoms with Gasteiger partial charge in [-0.05, 0) is 12.8 Å². The van der Waals surface area contributed by atoms with E-state index >= 15 is 0 Å². The monoisotopic (exact) mass is 280 g/mol. The standard InChI is InChI=1S/C11H28O4Si2/c1-12-10(13-2)5-7-16-9-17-8-6-11(14-3)15-4/h10-11H,5-9,16-17H2,1-4H3. The molecule has 0 radical (unpaired) electrons. The van der Waals surface area contributed by atoms with Crippen LogP contribution in [0, 0.1) is 0 Å². The molecular weight excluding hydrogens is 252 g/mol. The van der Waals surface area contributed by atoms with Crippen LogP contribution >= 0.6 is 0 Å². The second-order valence-corrected chi connectivity index (χ2v) is 9.80.